The van der Waals surface area contributed by atoms with Crippen molar-refractivity contribution in [2.24, 2.45) is 0 Å². The quantitative estimate of drug-likeness (QED) is 0.0332. The molecule has 0 atom stereocenters. The molecule has 3 aromatic rings. The van der Waals surface area contributed by atoms with Crippen molar-refractivity contribution in [3.63, 3.8) is 0 Å². The third-order valence-corrected chi connectivity index (χ3v) is 7.10. The first-order valence-corrected chi connectivity index (χ1v) is 18.2. The van der Waals surface area contributed by atoms with Crippen LogP contribution in [0.5, 0.6) is 0 Å². The highest BCUT2D eigenvalue weighted by Crippen LogP contribution is 2.08. The Kier molecular flexibility index (Phi) is 30.3. The maximum Gasteiger partial charge on any atom is 0.488 e. The van der Waals surface area contributed by atoms with Gasteiger partial charge in [0.15, 0.2) is 12.7 Å². The molecule has 55 heavy (non-hydrogen) atoms. The molecule has 0 bridgehead atoms. The summed E-state index contributed by atoms with van der Waals surface area (Å²) in [5, 5.41) is 41.7. The maximum absolute atomic E-state index is 11.9. The molecule has 6 N–H and O–H groups in total. The first-order chi connectivity index (χ1) is 26.2. The summed E-state index contributed by atoms with van der Waals surface area (Å²) in [5.74, 6) is -0.322. The lowest BCUT2D eigenvalue weighted by Crippen LogP contribution is -2.34. The van der Waals surface area contributed by atoms with Crippen LogP contribution >= 0.6 is 0 Å². The number of benzene rings is 3. The van der Waals surface area contributed by atoms with Gasteiger partial charge >= 0.3 is 14.2 Å². The largest absolute Gasteiger partial charge is 0.488 e. The average Bonchev–Trinajstić information content (AvgIpc) is 3.18. The molecule has 0 aliphatic heterocycles. The van der Waals surface area contributed by atoms with Crippen molar-refractivity contribution in [3.8, 4) is 0 Å². The van der Waals surface area contributed by atoms with Gasteiger partial charge < -0.3 is 30.7 Å². The van der Waals surface area contributed by atoms with Crippen LogP contribution in [-0.4, -0.2) is 70.0 Å². The Morgan fingerprint density at radius 1 is 0.745 bits per heavy atom. The molecule has 3 aromatic carbocycles. The van der Waals surface area contributed by atoms with E-state index in [4.69, 9.17) is 10.0 Å². The molecule has 3 rings (SSSR count). The van der Waals surface area contributed by atoms with Crippen LogP contribution in [0.2, 0.25) is 0 Å². The minimum atomic E-state index is -1.44. The van der Waals surface area contributed by atoms with Crippen molar-refractivity contribution >= 4 is 43.2 Å². The number of carbonyl (C=O) groups excluding carboxylic acids is 2. The van der Waals surface area contributed by atoms with E-state index in [9.17, 15) is 19.6 Å². The van der Waals surface area contributed by atoms with Crippen LogP contribution in [0.15, 0.2) is 141 Å². The Hall–Kier alpha value is -5.32. The Balaban J connectivity index is 0. The number of hydrogen-bond donors (Lipinski definition) is 6. The van der Waals surface area contributed by atoms with E-state index < -0.39 is 14.2 Å². The van der Waals surface area contributed by atoms with Gasteiger partial charge in [0.25, 0.3) is 5.91 Å². The van der Waals surface area contributed by atoms with Gasteiger partial charge in [-0.25, -0.2) is 4.58 Å². The summed E-state index contributed by atoms with van der Waals surface area (Å²) in [7, 11) is -2.78. The number of amides is 2. The number of rotatable bonds is 14. The van der Waals surface area contributed by atoms with E-state index in [0.717, 1.165) is 28.7 Å². The first kappa shape index (κ1) is 51.8. The molecular formula is C44H62B2N3O6+. The first-order valence-electron chi connectivity index (χ1n) is 18.2. The van der Waals surface area contributed by atoms with Gasteiger partial charge in [-0.3, -0.25) is 9.59 Å². The van der Waals surface area contributed by atoms with E-state index in [0.29, 0.717) is 41.7 Å². The lowest BCUT2D eigenvalue weighted by molar-refractivity contribution is -0.469. The topological polar surface area (TPSA) is 142 Å². The van der Waals surface area contributed by atoms with E-state index in [1.165, 1.54) is 0 Å². The van der Waals surface area contributed by atoms with Crippen molar-refractivity contribution in [2.75, 3.05) is 13.1 Å². The van der Waals surface area contributed by atoms with Crippen molar-refractivity contribution in [2.45, 2.75) is 61.4 Å². The number of allylic oxidation sites excluding steroid dienone is 6. The summed E-state index contributed by atoms with van der Waals surface area (Å²) < 4.78 is 1.95. The van der Waals surface area contributed by atoms with Crippen molar-refractivity contribution in [1.82, 2.24) is 10.6 Å². The van der Waals surface area contributed by atoms with E-state index in [-0.39, 0.29) is 11.8 Å². The fraction of sp³-hybridized carbons (Fsp3) is 0.250. The molecule has 0 aliphatic rings. The minimum Gasteiger partial charge on any atom is -0.423 e. The van der Waals surface area contributed by atoms with Gasteiger partial charge in [-0.15, -0.1) is 0 Å². The molecule has 0 saturated heterocycles. The zero-order chi connectivity index (χ0) is 42.2. The second kappa shape index (κ2) is 32.1. The predicted octanol–water partition coefficient (Wildman–Crippen LogP) is 5.26. The van der Waals surface area contributed by atoms with Gasteiger partial charge in [0.1, 0.15) is 6.21 Å². The van der Waals surface area contributed by atoms with Crippen LogP contribution in [0.4, 0.5) is 0 Å². The highest BCUT2D eigenvalue weighted by atomic mass is 16.4. The summed E-state index contributed by atoms with van der Waals surface area (Å²) in [6.07, 6.45) is 15.2. The summed E-state index contributed by atoms with van der Waals surface area (Å²) in [5.41, 5.74) is 6.23. The molecule has 0 radical (unpaired) electrons. The molecule has 0 unspecified atom stereocenters. The van der Waals surface area contributed by atoms with Gasteiger partial charge in [-0.1, -0.05) is 143 Å². The molecule has 0 fully saturated rings. The van der Waals surface area contributed by atoms with E-state index in [1.807, 2.05) is 119 Å². The molecule has 0 spiro atoms. The molecule has 0 aromatic heterocycles. The zero-order valence-electron chi connectivity index (χ0n) is 33.8. The molecule has 0 aliphatic carbocycles. The Bertz CT molecular complexity index is 1680. The van der Waals surface area contributed by atoms with Crippen molar-refractivity contribution < 1.29 is 34.3 Å². The Labute approximate surface area is 330 Å². The normalized spacial score (nSPS) is 10.1. The van der Waals surface area contributed by atoms with Crippen LogP contribution in [-0.2, 0) is 17.8 Å². The highest BCUT2D eigenvalue weighted by molar-refractivity contribution is 6.59. The molecule has 11 heteroatoms. The Morgan fingerprint density at radius 3 is 1.62 bits per heavy atom. The van der Waals surface area contributed by atoms with Gasteiger partial charge in [0, 0.05) is 42.8 Å². The molecule has 0 saturated carbocycles. The fourth-order valence-corrected chi connectivity index (χ4v) is 4.50. The third kappa shape index (κ3) is 23.9. The van der Waals surface area contributed by atoms with Crippen molar-refractivity contribution in [1.29, 1.82) is 0 Å². The van der Waals surface area contributed by atoms with Crippen molar-refractivity contribution in [3.05, 3.63) is 169 Å². The summed E-state index contributed by atoms with van der Waals surface area (Å²) in [4.78, 5) is 23.1. The minimum absolute atomic E-state index is 0.128. The number of carbonyl (C=O) groups is 2. The second-order valence-corrected chi connectivity index (χ2v) is 11.5. The average molecular weight is 751 g/mol. The van der Waals surface area contributed by atoms with E-state index >= 15 is 0 Å². The molecular weight excluding hydrogens is 688 g/mol. The van der Waals surface area contributed by atoms with Gasteiger partial charge in [-0.05, 0) is 55.8 Å². The van der Waals surface area contributed by atoms with Gasteiger partial charge in [0.05, 0.1) is 0 Å². The predicted molar refractivity (Wildman–Crippen MR) is 234 cm³/mol. The molecule has 0 heterocycles. The molecule has 294 valence electrons. The summed E-state index contributed by atoms with van der Waals surface area (Å²) in [6, 6.07) is 20.3. The van der Waals surface area contributed by atoms with Crippen LogP contribution in [0.1, 0.15) is 67.2 Å². The standard InChI is InChI=1S/C15H20N2O2.C13H17BNO2.C8H11BO2.C6H8.C2H6/c1-10(2)14(18)16-5-6-17-15(19)13-8-11(3)7-12(4)9-13;1-3-5-10-15(4-2)11-12-8-6-7-9-13(12)14(16)17;1-2-7-5-3-4-6-8(7)9(10)11;1-3-5-6-4-2;1-2/h7-9H,1,5-6H2,2-4H3,(H,16,18)(H,17,19);3-10,16-17H,1,11H2,2H3;3-6,10-11H,2H2,1H3;3-6H,1-2H2;1-2H3/q;+1;;;/b;10-5-,15-4?;;6-5-;. The lowest BCUT2D eigenvalue weighted by Gasteiger charge is -2.08. The Morgan fingerprint density at radius 2 is 1.20 bits per heavy atom. The molecule has 2 amide bonds. The lowest BCUT2D eigenvalue weighted by atomic mass is 9.76. The van der Waals surface area contributed by atoms with Gasteiger partial charge in [-0.2, -0.15) is 0 Å². The molecule has 9 nitrogen and oxygen atoms in total. The van der Waals surface area contributed by atoms with Crippen LogP contribution in [0, 0.1) is 13.8 Å². The highest BCUT2D eigenvalue weighted by Gasteiger charge is 2.17. The van der Waals surface area contributed by atoms with Crippen LogP contribution < -0.4 is 21.6 Å². The second-order valence-electron chi connectivity index (χ2n) is 11.5. The fourth-order valence-electron chi connectivity index (χ4n) is 4.50. The number of aryl methyl sites for hydroxylation is 3. The number of nitrogens with zero attached hydrogens (tertiary/aromatic N) is 1. The smallest absolute Gasteiger partial charge is 0.423 e. The van der Waals surface area contributed by atoms with Crippen LogP contribution in [0.25, 0.3) is 0 Å². The SMILES string of the molecule is C=C(C)C(=O)NCCNC(=O)c1cc(C)cc(C)c1.C=C/C=C\C=C.C=C/C=C\[N+](=CC)Cc1ccccc1B(O)O.CC.CCc1ccccc1B(O)O. The summed E-state index contributed by atoms with van der Waals surface area (Å²) >= 11 is 0. The maximum atomic E-state index is 11.9. The van der Waals surface area contributed by atoms with E-state index in [1.54, 1.807) is 49.4 Å². The monoisotopic (exact) mass is 750 g/mol. The summed E-state index contributed by atoms with van der Waals surface area (Å²) in [6.45, 7) is 28.9. The number of nitrogens with one attached hydrogen (secondary N) is 2. The zero-order valence-corrected chi connectivity index (χ0v) is 33.8. The number of hydrogen-bond acceptors (Lipinski definition) is 6. The van der Waals surface area contributed by atoms with E-state index in [2.05, 4.69) is 36.9 Å². The van der Waals surface area contributed by atoms with Gasteiger partial charge in [0.2, 0.25) is 5.91 Å². The van der Waals surface area contributed by atoms with Crippen LogP contribution in [0.3, 0.4) is 0 Å². The third-order valence-electron chi connectivity index (χ3n) is 7.10.